The molecule has 2 aromatic rings. The first kappa shape index (κ1) is 24.2. The van der Waals surface area contributed by atoms with Crippen LogP contribution in [0.3, 0.4) is 0 Å². The Hall–Kier alpha value is -0.0613. The molecule has 0 saturated carbocycles. The van der Waals surface area contributed by atoms with E-state index >= 15 is 0 Å². The molecule has 0 radical (unpaired) electrons. The molecule has 0 amide bonds. The number of benzene rings is 2. The SMILES string of the molecule is CCC[CH2][Sn]([CH2]CCC)([CH2]CCC)[CH](Sc1ccccc1)Sc1ccccc1. The number of rotatable bonds is 14. The van der Waals surface area contributed by atoms with Crippen LogP contribution in [0, 0.1) is 0 Å². The Bertz CT molecular complexity index is 566. The van der Waals surface area contributed by atoms with Crippen molar-refractivity contribution in [3.63, 3.8) is 0 Å². The van der Waals surface area contributed by atoms with Gasteiger partial charge in [0.2, 0.25) is 0 Å². The predicted octanol–water partition coefficient (Wildman–Crippen LogP) is 9.29. The molecule has 0 nitrogen and oxygen atoms in total. The normalized spacial score (nSPS) is 11.9. The monoisotopic (exact) mass is 522 g/mol. The molecule has 0 bridgehead atoms. The van der Waals surface area contributed by atoms with Crippen LogP contribution >= 0.6 is 23.5 Å². The molecule has 0 spiro atoms. The van der Waals surface area contributed by atoms with Gasteiger partial charge < -0.3 is 0 Å². The minimum atomic E-state index is -2.37. The Balaban J connectivity index is 2.37. The minimum absolute atomic E-state index is 0.767. The zero-order valence-electron chi connectivity index (χ0n) is 18.0. The molecule has 154 valence electrons. The van der Waals surface area contributed by atoms with Crippen molar-refractivity contribution in [3.8, 4) is 0 Å². The number of thioether (sulfide) groups is 2. The quantitative estimate of drug-likeness (QED) is 0.138. The predicted molar refractivity (Wildman–Crippen MR) is 133 cm³/mol. The van der Waals surface area contributed by atoms with Crippen molar-refractivity contribution < 1.29 is 0 Å². The van der Waals surface area contributed by atoms with Crippen molar-refractivity contribution in [3.05, 3.63) is 60.7 Å². The van der Waals surface area contributed by atoms with Gasteiger partial charge in [0, 0.05) is 0 Å². The summed E-state index contributed by atoms with van der Waals surface area (Å²) in [5, 5.41) is 0. The molecule has 28 heavy (non-hydrogen) atoms. The van der Waals surface area contributed by atoms with Crippen LogP contribution in [0.1, 0.15) is 59.3 Å². The average molecular weight is 521 g/mol. The van der Waals surface area contributed by atoms with Gasteiger partial charge in [0.15, 0.2) is 0 Å². The summed E-state index contributed by atoms with van der Waals surface area (Å²) in [7, 11) is 0. The van der Waals surface area contributed by atoms with Crippen LogP contribution in [-0.4, -0.2) is 21.0 Å². The third kappa shape index (κ3) is 7.99. The van der Waals surface area contributed by atoms with Crippen molar-refractivity contribution in [2.45, 2.75) is 85.0 Å². The first-order valence-corrected chi connectivity index (χ1v) is 20.6. The second-order valence-electron chi connectivity index (χ2n) is 7.87. The summed E-state index contributed by atoms with van der Waals surface area (Å²) in [6, 6.07) is 22.4. The van der Waals surface area contributed by atoms with E-state index in [9.17, 15) is 0 Å². The zero-order chi connectivity index (χ0) is 20.1. The van der Waals surface area contributed by atoms with Gasteiger partial charge in [0.05, 0.1) is 0 Å². The van der Waals surface area contributed by atoms with E-state index in [1.165, 1.54) is 48.3 Å². The molecule has 0 N–H and O–H groups in total. The summed E-state index contributed by atoms with van der Waals surface area (Å²) >= 11 is 2.03. The zero-order valence-corrected chi connectivity index (χ0v) is 22.5. The molecular weight excluding hydrogens is 483 g/mol. The third-order valence-corrected chi connectivity index (χ3v) is 30.8. The molecule has 3 heteroatoms. The van der Waals surface area contributed by atoms with Crippen LogP contribution in [0.15, 0.2) is 70.5 Å². The molecule has 2 aromatic carbocycles. The fraction of sp³-hybridized carbons (Fsp3) is 0.520. The molecule has 0 aromatic heterocycles. The Kier molecular flexibility index (Phi) is 12.1. The van der Waals surface area contributed by atoms with Gasteiger partial charge in [-0.25, -0.2) is 0 Å². The molecule has 0 aliphatic rings. The second kappa shape index (κ2) is 14.0. The van der Waals surface area contributed by atoms with Crippen LogP contribution in [0.5, 0.6) is 0 Å². The molecule has 2 rings (SSSR count). The van der Waals surface area contributed by atoms with Crippen molar-refractivity contribution in [2.75, 3.05) is 0 Å². The van der Waals surface area contributed by atoms with Crippen LogP contribution in [-0.2, 0) is 0 Å². The van der Waals surface area contributed by atoms with E-state index in [1.807, 2.05) is 0 Å². The van der Waals surface area contributed by atoms with E-state index in [-0.39, 0.29) is 0 Å². The van der Waals surface area contributed by atoms with Crippen molar-refractivity contribution in [1.82, 2.24) is 0 Å². The van der Waals surface area contributed by atoms with E-state index in [0.717, 1.165) is 2.60 Å². The summed E-state index contributed by atoms with van der Waals surface area (Å²) < 4.78 is 5.46. The Morgan fingerprint density at radius 2 is 0.964 bits per heavy atom. The van der Waals surface area contributed by atoms with Crippen LogP contribution in [0.25, 0.3) is 0 Å². The maximum absolute atomic E-state index is 2.37. The first-order valence-electron chi connectivity index (χ1n) is 11.2. The molecule has 0 aliphatic heterocycles. The third-order valence-electron chi connectivity index (χ3n) is 5.56. The van der Waals surface area contributed by atoms with Crippen LogP contribution in [0.4, 0.5) is 0 Å². The van der Waals surface area contributed by atoms with E-state index < -0.39 is 18.4 Å². The van der Waals surface area contributed by atoms with Crippen LogP contribution < -0.4 is 0 Å². The van der Waals surface area contributed by atoms with Gasteiger partial charge >= 0.3 is 188 Å². The summed E-state index contributed by atoms with van der Waals surface area (Å²) in [6.07, 6.45) is 8.33. The van der Waals surface area contributed by atoms with Crippen molar-refractivity contribution in [1.29, 1.82) is 0 Å². The van der Waals surface area contributed by atoms with Gasteiger partial charge in [-0.05, 0) is 0 Å². The van der Waals surface area contributed by atoms with E-state index in [4.69, 9.17) is 0 Å². The fourth-order valence-electron chi connectivity index (χ4n) is 3.83. The fourth-order valence-corrected chi connectivity index (χ4v) is 30.9. The topological polar surface area (TPSA) is 0 Å². The van der Waals surface area contributed by atoms with E-state index in [2.05, 4.69) is 105 Å². The van der Waals surface area contributed by atoms with Gasteiger partial charge in [0.25, 0.3) is 0 Å². The number of hydrogen-bond donors (Lipinski definition) is 0. The molecule has 0 unspecified atom stereocenters. The Morgan fingerprint density at radius 1 is 0.607 bits per heavy atom. The first-order chi connectivity index (χ1) is 13.7. The summed E-state index contributed by atoms with van der Waals surface area (Å²) in [6.45, 7) is 7.12. The van der Waals surface area contributed by atoms with Crippen molar-refractivity contribution >= 4 is 41.9 Å². The molecule has 0 fully saturated rings. The average Bonchev–Trinajstić information content (AvgIpc) is 2.74. The summed E-state index contributed by atoms with van der Waals surface area (Å²) in [5.74, 6) is 0. The molecule has 0 aliphatic carbocycles. The van der Waals surface area contributed by atoms with Gasteiger partial charge in [-0.3, -0.25) is 0 Å². The van der Waals surface area contributed by atoms with Gasteiger partial charge in [0.1, 0.15) is 0 Å². The molecule has 0 heterocycles. The molecular formula is C25H38S2Sn. The summed E-state index contributed by atoms with van der Waals surface area (Å²) in [5.41, 5.74) is 0. The number of hydrogen-bond acceptors (Lipinski definition) is 2. The molecule has 0 atom stereocenters. The van der Waals surface area contributed by atoms with Gasteiger partial charge in [-0.15, -0.1) is 0 Å². The summed E-state index contributed by atoms with van der Waals surface area (Å²) in [4.78, 5) is 2.92. The van der Waals surface area contributed by atoms with Crippen molar-refractivity contribution in [2.24, 2.45) is 0 Å². The Morgan fingerprint density at radius 3 is 1.29 bits per heavy atom. The van der Waals surface area contributed by atoms with Gasteiger partial charge in [-0.1, -0.05) is 0 Å². The maximum atomic E-state index is 2.37. The van der Waals surface area contributed by atoms with Gasteiger partial charge in [-0.2, -0.15) is 0 Å². The van der Waals surface area contributed by atoms with E-state index in [1.54, 1.807) is 13.3 Å². The standard InChI is InChI=1S/C13H11S2.3C4H9.Sn/c1-3-7-12(8-4-1)14-11-15-13-9-5-2-6-10-13;3*1-3-4-2;/h1-11H;3*1,3-4H2,2H3;. The molecule has 0 saturated heterocycles. The van der Waals surface area contributed by atoms with Crippen LogP contribution in [0.2, 0.25) is 13.3 Å². The Labute approximate surface area is 186 Å². The second-order valence-corrected chi connectivity index (χ2v) is 26.6. The number of unbranched alkanes of at least 4 members (excludes halogenated alkanes) is 3. The van der Waals surface area contributed by atoms with E-state index in [0.29, 0.717) is 0 Å².